The number of aromatic carboxylic acids is 1. The summed E-state index contributed by atoms with van der Waals surface area (Å²) >= 11 is 0. The maximum atomic E-state index is 10.7. The maximum absolute atomic E-state index is 10.7. The van der Waals surface area contributed by atoms with Crippen LogP contribution in [-0.4, -0.2) is 11.1 Å². The Morgan fingerprint density at radius 1 is 0.941 bits per heavy atom. The smallest absolute Gasteiger partial charge is 0.335 e. The zero-order valence-electron chi connectivity index (χ0n) is 9.21. The molecule has 0 heterocycles. The number of nitrogens with two attached hydrogens (primary N) is 1. The standard InChI is InChI=1S/C14H13NO2/c15-13(10-4-2-1-3-5-10)11-6-8-12(9-7-11)14(16)17/h1-9,13H,15H2,(H,16,17)/t13-/m1/s1. The van der Waals surface area contributed by atoms with Gasteiger partial charge >= 0.3 is 5.97 Å². The normalized spacial score (nSPS) is 12.1. The van der Waals surface area contributed by atoms with Crippen LogP contribution in [0.3, 0.4) is 0 Å². The van der Waals surface area contributed by atoms with Gasteiger partial charge in [0.15, 0.2) is 0 Å². The van der Waals surface area contributed by atoms with E-state index in [1.54, 1.807) is 24.3 Å². The van der Waals surface area contributed by atoms with Gasteiger partial charge in [0.25, 0.3) is 0 Å². The van der Waals surface area contributed by atoms with Crippen molar-refractivity contribution in [2.24, 2.45) is 5.73 Å². The molecule has 0 saturated carbocycles. The molecule has 0 radical (unpaired) electrons. The van der Waals surface area contributed by atoms with E-state index in [0.29, 0.717) is 0 Å². The molecule has 0 aromatic heterocycles. The summed E-state index contributed by atoms with van der Waals surface area (Å²) in [4.78, 5) is 10.7. The second-order valence-corrected chi connectivity index (χ2v) is 3.82. The molecule has 0 bridgehead atoms. The van der Waals surface area contributed by atoms with Crippen molar-refractivity contribution in [2.75, 3.05) is 0 Å². The Bertz CT molecular complexity index is 506. The van der Waals surface area contributed by atoms with Crippen molar-refractivity contribution in [2.45, 2.75) is 6.04 Å². The van der Waals surface area contributed by atoms with Gasteiger partial charge in [0.05, 0.1) is 11.6 Å². The average molecular weight is 227 g/mol. The van der Waals surface area contributed by atoms with Crippen LogP contribution in [0.1, 0.15) is 27.5 Å². The summed E-state index contributed by atoms with van der Waals surface area (Å²) in [5.74, 6) is -0.926. The second-order valence-electron chi connectivity index (χ2n) is 3.82. The minimum atomic E-state index is -0.926. The lowest BCUT2D eigenvalue weighted by Gasteiger charge is -2.12. The Labute approximate surface area is 99.5 Å². The van der Waals surface area contributed by atoms with Crippen LogP contribution in [-0.2, 0) is 0 Å². The Morgan fingerprint density at radius 2 is 1.47 bits per heavy atom. The number of hydrogen-bond acceptors (Lipinski definition) is 2. The van der Waals surface area contributed by atoms with Gasteiger partial charge in [-0.05, 0) is 23.3 Å². The van der Waals surface area contributed by atoms with Crippen molar-refractivity contribution in [3.05, 3.63) is 71.3 Å². The third-order valence-electron chi connectivity index (χ3n) is 2.68. The van der Waals surface area contributed by atoms with Crippen molar-refractivity contribution >= 4 is 5.97 Å². The highest BCUT2D eigenvalue weighted by molar-refractivity contribution is 5.87. The quantitative estimate of drug-likeness (QED) is 0.846. The first-order chi connectivity index (χ1) is 8.18. The zero-order valence-corrected chi connectivity index (χ0v) is 9.21. The number of carbonyl (C=O) groups is 1. The van der Waals surface area contributed by atoms with E-state index in [1.807, 2.05) is 30.3 Å². The Hall–Kier alpha value is -2.13. The number of carboxylic acids is 1. The first kappa shape index (κ1) is 11.4. The van der Waals surface area contributed by atoms with Gasteiger partial charge in [-0.2, -0.15) is 0 Å². The Morgan fingerprint density at radius 3 is 2.00 bits per heavy atom. The van der Waals surface area contributed by atoms with Gasteiger partial charge in [-0.15, -0.1) is 0 Å². The van der Waals surface area contributed by atoms with Crippen LogP contribution < -0.4 is 5.73 Å². The highest BCUT2D eigenvalue weighted by atomic mass is 16.4. The van der Waals surface area contributed by atoms with Crippen molar-refractivity contribution < 1.29 is 9.90 Å². The van der Waals surface area contributed by atoms with Crippen LogP contribution in [0.2, 0.25) is 0 Å². The lowest BCUT2D eigenvalue weighted by atomic mass is 9.99. The lowest BCUT2D eigenvalue weighted by molar-refractivity contribution is 0.0697. The van der Waals surface area contributed by atoms with E-state index >= 15 is 0 Å². The third kappa shape index (κ3) is 2.52. The molecular weight excluding hydrogens is 214 g/mol. The molecule has 2 aromatic rings. The number of rotatable bonds is 3. The summed E-state index contributed by atoms with van der Waals surface area (Å²) in [7, 11) is 0. The van der Waals surface area contributed by atoms with Gasteiger partial charge in [-0.1, -0.05) is 42.5 Å². The van der Waals surface area contributed by atoms with Gasteiger partial charge in [-0.3, -0.25) is 0 Å². The molecule has 0 fully saturated rings. The molecule has 0 aliphatic rings. The van der Waals surface area contributed by atoms with Gasteiger partial charge in [0, 0.05) is 0 Å². The fourth-order valence-electron chi connectivity index (χ4n) is 1.69. The molecule has 0 unspecified atom stereocenters. The number of benzene rings is 2. The van der Waals surface area contributed by atoms with Gasteiger partial charge in [0.2, 0.25) is 0 Å². The SMILES string of the molecule is N[C@H](c1ccccc1)c1ccc(C(=O)O)cc1. The molecule has 17 heavy (non-hydrogen) atoms. The summed E-state index contributed by atoms with van der Waals surface area (Å²) < 4.78 is 0. The van der Waals surface area contributed by atoms with Gasteiger partial charge < -0.3 is 10.8 Å². The highest BCUT2D eigenvalue weighted by Crippen LogP contribution is 2.19. The maximum Gasteiger partial charge on any atom is 0.335 e. The van der Waals surface area contributed by atoms with Gasteiger partial charge in [-0.25, -0.2) is 4.79 Å². The predicted octanol–water partition coefficient (Wildman–Crippen LogP) is 2.43. The molecule has 0 aliphatic carbocycles. The summed E-state index contributed by atoms with van der Waals surface area (Å²) in [6, 6.07) is 16.1. The highest BCUT2D eigenvalue weighted by Gasteiger charge is 2.09. The van der Waals surface area contributed by atoms with E-state index in [9.17, 15) is 4.79 Å². The summed E-state index contributed by atoms with van der Waals surface area (Å²) in [6.07, 6.45) is 0. The summed E-state index contributed by atoms with van der Waals surface area (Å²) in [5, 5.41) is 8.80. The molecule has 2 aromatic carbocycles. The van der Waals surface area contributed by atoms with Gasteiger partial charge in [0.1, 0.15) is 0 Å². The largest absolute Gasteiger partial charge is 0.478 e. The molecular formula is C14H13NO2. The van der Waals surface area contributed by atoms with E-state index in [4.69, 9.17) is 10.8 Å². The second kappa shape index (κ2) is 4.80. The minimum Gasteiger partial charge on any atom is -0.478 e. The van der Waals surface area contributed by atoms with Crippen LogP contribution in [0.15, 0.2) is 54.6 Å². The molecule has 0 aliphatic heterocycles. The monoisotopic (exact) mass is 227 g/mol. The first-order valence-electron chi connectivity index (χ1n) is 5.32. The third-order valence-corrected chi connectivity index (χ3v) is 2.68. The number of hydrogen-bond donors (Lipinski definition) is 2. The molecule has 0 spiro atoms. The molecule has 1 atom stereocenters. The van der Waals surface area contributed by atoms with Crippen molar-refractivity contribution in [3.8, 4) is 0 Å². The molecule has 86 valence electrons. The summed E-state index contributed by atoms with van der Waals surface area (Å²) in [6.45, 7) is 0. The van der Waals surface area contributed by atoms with E-state index < -0.39 is 5.97 Å². The van der Waals surface area contributed by atoms with E-state index in [2.05, 4.69) is 0 Å². The topological polar surface area (TPSA) is 63.3 Å². The van der Waals surface area contributed by atoms with E-state index in [0.717, 1.165) is 11.1 Å². The minimum absolute atomic E-state index is 0.223. The summed E-state index contributed by atoms with van der Waals surface area (Å²) in [5.41, 5.74) is 8.28. The van der Waals surface area contributed by atoms with Crippen LogP contribution in [0.25, 0.3) is 0 Å². The Kier molecular flexibility index (Phi) is 3.21. The van der Waals surface area contributed by atoms with Crippen molar-refractivity contribution in [1.29, 1.82) is 0 Å². The molecule has 3 N–H and O–H groups in total. The molecule has 3 nitrogen and oxygen atoms in total. The molecule has 3 heteroatoms. The fourth-order valence-corrected chi connectivity index (χ4v) is 1.69. The van der Waals surface area contributed by atoms with E-state index in [-0.39, 0.29) is 11.6 Å². The average Bonchev–Trinajstić information content (AvgIpc) is 2.39. The molecule has 0 amide bonds. The van der Waals surface area contributed by atoms with Crippen LogP contribution in [0.5, 0.6) is 0 Å². The zero-order chi connectivity index (χ0) is 12.3. The van der Waals surface area contributed by atoms with E-state index in [1.165, 1.54) is 0 Å². The van der Waals surface area contributed by atoms with Crippen molar-refractivity contribution in [3.63, 3.8) is 0 Å². The van der Waals surface area contributed by atoms with Crippen LogP contribution >= 0.6 is 0 Å². The fraction of sp³-hybridized carbons (Fsp3) is 0.0714. The first-order valence-corrected chi connectivity index (χ1v) is 5.32. The Balaban J connectivity index is 2.26. The molecule has 0 saturated heterocycles. The van der Waals surface area contributed by atoms with Crippen LogP contribution in [0.4, 0.5) is 0 Å². The predicted molar refractivity (Wildman–Crippen MR) is 65.9 cm³/mol. The van der Waals surface area contributed by atoms with Crippen LogP contribution in [0, 0.1) is 0 Å². The molecule has 2 rings (SSSR count). The lowest BCUT2D eigenvalue weighted by Crippen LogP contribution is -2.11. The number of carboxylic acid groups (broad SMARTS) is 1. The van der Waals surface area contributed by atoms with Crippen molar-refractivity contribution in [1.82, 2.24) is 0 Å².